The van der Waals surface area contributed by atoms with Crippen LogP contribution in [0.25, 0.3) is 5.76 Å². The zero-order chi connectivity index (χ0) is 21.4. The smallest absolute Gasteiger partial charge is 0.300 e. The highest BCUT2D eigenvalue weighted by Crippen LogP contribution is 2.42. The van der Waals surface area contributed by atoms with Crippen molar-refractivity contribution in [1.29, 1.82) is 0 Å². The molecular weight excluding hydrogens is 378 g/mol. The van der Waals surface area contributed by atoms with E-state index in [1.807, 2.05) is 38.1 Å². The second-order valence-electron chi connectivity index (χ2n) is 7.47. The fourth-order valence-corrected chi connectivity index (χ4v) is 3.91. The monoisotopic (exact) mass is 399 g/mol. The highest BCUT2D eigenvalue weighted by atomic mass is 16.3. The number of aryl methyl sites for hydroxylation is 2. The molecule has 5 nitrogen and oxygen atoms in total. The zero-order valence-corrected chi connectivity index (χ0v) is 16.7. The van der Waals surface area contributed by atoms with E-state index in [0.29, 0.717) is 16.8 Å². The number of carbonyl (C=O) groups excluding carboxylic acids is 2. The minimum Gasteiger partial charge on any atom is -0.508 e. The van der Waals surface area contributed by atoms with E-state index in [2.05, 4.69) is 0 Å². The molecule has 150 valence electrons. The Labute approximate surface area is 174 Å². The van der Waals surface area contributed by atoms with Crippen LogP contribution in [-0.2, 0) is 9.59 Å². The Balaban J connectivity index is 1.97. The maximum absolute atomic E-state index is 13.1. The highest BCUT2D eigenvalue weighted by Gasteiger charge is 2.47. The summed E-state index contributed by atoms with van der Waals surface area (Å²) in [6.45, 7) is 3.85. The summed E-state index contributed by atoms with van der Waals surface area (Å²) < 4.78 is 0. The number of phenolic OH excluding ortho intramolecular Hbond substituents is 1. The number of amides is 1. The van der Waals surface area contributed by atoms with Crippen LogP contribution in [0.5, 0.6) is 5.75 Å². The largest absolute Gasteiger partial charge is 0.508 e. The van der Waals surface area contributed by atoms with E-state index >= 15 is 0 Å². The summed E-state index contributed by atoms with van der Waals surface area (Å²) in [5, 5.41) is 20.7. The van der Waals surface area contributed by atoms with E-state index in [1.165, 1.54) is 17.0 Å². The summed E-state index contributed by atoms with van der Waals surface area (Å²) in [6.07, 6.45) is 0. The quantitative estimate of drug-likeness (QED) is 0.382. The maximum atomic E-state index is 13.1. The van der Waals surface area contributed by atoms with E-state index in [9.17, 15) is 19.8 Å². The third kappa shape index (κ3) is 3.35. The number of benzene rings is 3. The number of rotatable bonds is 3. The molecular formula is C25H21NO4. The Morgan fingerprint density at radius 1 is 0.867 bits per heavy atom. The van der Waals surface area contributed by atoms with Crippen molar-refractivity contribution in [2.75, 3.05) is 4.90 Å². The van der Waals surface area contributed by atoms with Crippen LogP contribution >= 0.6 is 0 Å². The van der Waals surface area contributed by atoms with E-state index in [1.54, 1.807) is 36.4 Å². The van der Waals surface area contributed by atoms with Crippen molar-refractivity contribution in [3.63, 3.8) is 0 Å². The van der Waals surface area contributed by atoms with E-state index in [0.717, 1.165) is 11.1 Å². The van der Waals surface area contributed by atoms with Gasteiger partial charge in [-0.2, -0.15) is 0 Å². The van der Waals surface area contributed by atoms with Gasteiger partial charge in [-0.3, -0.25) is 14.5 Å². The number of aliphatic hydroxyl groups excluding tert-OH is 1. The lowest BCUT2D eigenvalue weighted by atomic mass is 9.95. The molecule has 0 radical (unpaired) electrons. The molecule has 1 unspecified atom stereocenters. The van der Waals surface area contributed by atoms with E-state index in [4.69, 9.17) is 0 Å². The minimum atomic E-state index is -0.813. The van der Waals surface area contributed by atoms with Crippen LogP contribution < -0.4 is 4.90 Å². The molecule has 1 fully saturated rings. The second-order valence-corrected chi connectivity index (χ2v) is 7.47. The fraction of sp³-hybridized carbons (Fsp3) is 0.120. The zero-order valence-electron chi connectivity index (χ0n) is 16.7. The Morgan fingerprint density at radius 3 is 2.07 bits per heavy atom. The number of Topliss-reactive ketones (excluding diaryl/α,β-unsaturated/α-hetero) is 1. The Hall–Kier alpha value is -3.86. The summed E-state index contributed by atoms with van der Waals surface area (Å²) in [6, 6.07) is 19.9. The molecule has 1 heterocycles. The molecule has 1 atom stereocenters. The number of anilines is 1. The Kier molecular flexibility index (Phi) is 4.88. The molecule has 0 bridgehead atoms. The Bertz CT molecular complexity index is 1140. The van der Waals surface area contributed by atoms with Crippen LogP contribution in [0.1, 0.15) is 28.3 Å². The Morgan fingerprint density at radius 2 is 1.47 bits per heavy atom. The summed E-state index contributed by atoms with van der Waals surface area (Å²) in [5.41, 5.74) is 3.60. The first-order valence-electron chi connectivity index (χ1n) is 9.60. The molecule has 3 aromatic rings. The molecule has 1 saturated heterocycles. The van der Waals surface area contributed by atoms with Gasteiger partial charge in [-0.25, -0.2) is 0 Å². The minimum absolute atomic E-state index is 0.0241. The van der Waals surface area contributed by atoms with Crippen LogP contribution in [0, 0.1) is 13.8 Å². The van der Waals surface area contributed by atoms with Crippen molar-refractivity contribution in [1.82, 2.24) is 0 Å². The van der Waals surface area contributed by atoms with Crippen molar-refractivity contribution >= 4 is 23.1 Å². The molecule has 0 aliphatic carbocycles. The summed E-state index contributed by atoms with van der Waals surface area (Å²) in [5.74, 6) is -1.59. The van der Waals surface area contributed by atoms with Crippen molar-refractivity contribution in [3.05, 3.63) is 101 Å². The number of phenols is 1. The van der Waals surface area contributed by atoms with Gasteiger partial charge in [0, 0.05) is 11.3 Å². The first-order valence-corrected chi connectivity index (χ1v) is 9.60. The topological polar surface area (TPSA) is 77.8 Å². The summed E-state index contributed by atoms with van der Waals surface area (Å²) in [4.78, 5) is 27.6. The lowest BCUT2D eigenvalue weighted by molar-refractivity contribution is -0.132. The van der Waals surface area contributed by atoms with Crippen molar-refractivity contribution in [3.8, 4) is 5.75 Å². The lowest BCUT2D eigenvalue weighted by Gasteiger charge is -2.26. The fourth-order valence-electron chi connectivity index (χ4n) is 3.91. The van der Waals surface area contributed by atoms with E-state index < -0.39 is 17.7 Å². The third-order valence-corrected chi connectivity index (χ3v) is 5.19. The predicted octanol–water partition coefficient (Wildman–Crippen LogP) is 4.64. The van der Waals surface area contributed by atoms with Crippen LogP contribution in [0.4, 0.5) is 5.69 Å². The molecule has 4 rings (SSSR count). The van der Waals surface area contributed by atoms with E-state index in [-0.39, 0.29) is 17.1 Å². The first kappa shape index (κ1) is 19.5. The number of ketones is 1. The van der Waals surface area contributed by atoms with Gasteiger partial charge in [-0.1, -0.05) is 48.5 Å². The second kappa shape index (κ2) is 7.52. The number of aromatic hydroxyl groups is 1. The maximum Gasteiger partial charge on any atom is 0.300 e. The number of hydrogen-bond donors (Lipinski definition) is 2. The first-order chi connectivity index (χ1) is 14.4. The number of aliphatic hydroxyl groups is 1. The van der Waals surface area contributed by atoms with Crippen LogP contribution in [0.3, 0.4) is 0 Å². The molecule has 30 heavy (non-hydrogen) atoms. The molecule has 1 amide bonds. The van der Waals surface area contributed by atoms with Gasteiger partial charge < -0.3 is 10.2 Å². The van der Waals surface area contributed by atoms with Crippen molar-refractivity contribution in [2.45, 2.75) is 19.9 Å². The van der Waals surface area contributed by atoms with Gasteiger partial charge >= 0.3 is 0 Å². The highest BCUT2D eigenvalue weighted by molar-refractivity contribution is 6.51. The van der Waals surface area contributed by atoms with Crippen LogP contribution in [0.15, 0.2) is 78.4 Å². The summed E-state index contributed by atoms with van der Waals surface area (Å²) >= 11 is 0. The van der Waals surface area contributed by atoms with Gasteiger partial charge in [-0.05, 0) is 54.8 Å². The van der Waals surface area contributed by atoms with Gasteiger partial charge in [0.25, 0.3) is 11.7 Å². The van der Waals surface area contributed by atoms with Gasteiger partial charge in [0.2, 0.25) is 0 Å². The molecule has 1 aliphatic rings. The van der Waals surface area contributed by atoms with Crippen molar-refractivity contribution in [2.24, 2.45) is 0 Å². The average molecular weight is 399 g/mol. The lowest BCUT2D eigenvalue weighted by Crippen LogP contribution is -2.29. The average Bonchev–Trinajstić information content (AvgIpc) is 2.99. The third-order valence-electron chi connectivity index (χ3n) is 5.19. The van der Waals surface area contributed by atoms with Crippen LogP contribution in [-0.4, -0.2) is 21.9 Å². The molecule has 0 saturated carbocycles. The number of nitrogens with zero attached hydrogens (tertiary/aromatic N) is 1. The number of hydrogen-bond acceptors (Lipinski definition) is 4. The molecule has 0 spiro atoms. The predicted molar refractivity (Wildman–Crippen MR) is 115 cm³/mol. The summed E-state index contributed by atoms with van der Waals surface area (Å²) in [7, 11) is 0. The molecule has 5 heteroatoms. The van der Waals surface area contributed by atoms with Crippen molar-refractivity contribution < 1.29 is 19.8 Å². The normalized spacial score (nSPS) is 18.1. The molecule has 3 aromatic carbocycles. The molecule has 0 aromatic heterocycles. The van der Waals surface area contributed by atoms with Gasteiger partial charge in [-0.15, -0.1) is 0 Å². The standard InChI is InChI=1S/C25H21NO4/c1-15-12-16(2)14-19(13-15)26-22(17-8-10-20(27)11-9-17)21(24(29)25(26)30)23(28)18-6-4-3-5-7-18/h3-14,22,27-28H,1-2H3/b23-21+. The SMILES string of the molecule is Cc1cc(C)cc(N2C(=O)C(=O)/C(=C(/O)c3ccccc3)C2c2ccc(O)cc2)c1. The molecule has 2 N–H and O–H groups in total. The molecule has 1 aliphatic heterocycles. The van der Waals surface area contributed by atoms with Crippen LogP contribution in [0.2, 0.25) is 0 Å². The van der Waals surface area contributed by atoms with Gasteiger partial charge in [0.05, 0.1) is 11.6 Å². The number of carbonyl (C=O) groups is 2. The van der Waals surface area contributed by atoms with Gasteiger partial charge in [0.1, 0.15) is 11.5 Å². The van der Waals surface area contributed by atoms with Gasteiger partial charge in [0.15, 0.2) is 0 Å².